The molecule has 20 heavy (non-hydrogen) atoms. The van der Waals surface area contributed by atoms with Gasteiger partial charge in [0.1, 0.15) is 6.61 Å². The summed E-state index contributed by atoms with van der Waals surface area (Å²) in [5.41, 5.74) is 6.11. The van der Waals surface area contributed by atoms with Crippen LogP contribution in [0, 0.1) is 0 Å². The van der Waals surface area contributed by atoms with Crippen LogP contribution in [0.5, 0.6) is 0 Å². The van der Waals surface area contributed by atoms with Gasteiger partial charge in [-0.15, -0.1) is 0 Å². The van der Waals surface area contributed by atoms with E-state index in [9.17, 15) is 13.6 Å². The Bertz CT molecular complexity index is 644. The first kappa shape index (κ1) is 14.2. The van der Waals surface area contributed by atoms with Crippen LogP contribution in [-0.4, -0.2) is 30.1 Å². The Kier molecular flexibility index (Phi) is 3.85. The maximum Gasteiger partial charge on any atom is 0.287 e. The highest BCUT2D eigenvalue weighted by Gasteiger charge is 2.28. The van der Waals surface area contributed by atoms with Gasteiger partial charge in [0, 0.05) is 5.69 Å². The first-order valence-corrected chi connectivity index (χ1v) is 5.98. The number of hydrogen-bond donors (Lipinski definition) is 3. The summed E-state index contributed by atoms with van der Waals surface area (Å²) < 4.78 is 25.8. The number of nitrogen functional groups attached to an aromatic ring is 1. The van der Waals surface area contributed by atoms with Crippen LogP contribution in [0.2, 0.25) is 0 Å². The highest BCUT2D eigenvalue weighted by atomic mass is 19.3. The summed E-state index contributed by atoms with van der Waals surface area (Å²) in [6, 6.07) is 10.5. The van der Waals surface area contributed by atoms with Gasteiger partial charge in [0.25, 0.3) is 11.8 Å². The third kappa shape index (κ3) is 3.03. The number of aliphatic hydroxyl groups excluding tert-OH is 1. The van der Waals surface area contributed by atoms with Gasteiger partial charge in [0.05, 0.1) is 12.1 Å². The van der Waals surface area contributed by atoms with Crippen molar-refractivity contribution in [3.63, 3.8) is 0 Å². The SMILES string of the molecule is Nc1cc2ccccc2cc1C(=O)NCC(F)(F)CO. The van der Waals surface area contributed by atoms with Crippen molar-refractivity contribution in [2.24, 2.45) is 0 Å². The average molecular weight is 280 g/mol. The summed E-state index contributed by atoms with van der Waals surface area (Å²) in [4.78, 5) is 11.9. The van der Waals surface area contributed by atoms with Crippen LogP contribution < -0.4 is 11.1 Å². The fourth-order valence-electron chi connectivity index (χ4n) is 1.82. The molecule has 0 bridgehead atoms. The van der Waals surface area contributed by atoms with E-state index in [1.807, 2.05) is 12.1 Å². The summed E-state index contributed by atoms with van der Waals surface area (Å²) in [5.74, 6) is -4.04. The molecule has 4 nitrogen and oxygen atoms in total. The molecule has 0 aliphatic heterocycles. The van der Waals surface area contributed by atoms with E-state index in [1.54, 1.807) is 24.3 Å². The molecule has 0 unspecified atom stereocenters. The molecule has 2 rings (SSSR count). The third-order valence-electron chi connectivity index (χ3n) is 2.90. The van der Waals surface area contributed by atoms with E-state index in [-0.39, 0.29) is 11.3 Å². The molecule has 1 amide bonds. The number of fused-ring (bicyclic) bond motifs is 1. The highest BCUT2D eigenvalue weighted by molar-refractivity contribution is 6.03. The number of benzene rings is 2. The standard InChI is InChI=1S/C14H14F2N2O2/c15-14(16,8-19)7-18-13(20)11-5-9-3-1-2-4-10(9)6-12(11)17/h1-6,19H,7-8,17H2,(H,18,20). The molecule has 2 aromatic rings. The second kappa shape index (κ2) is 5.42. The van der Waals surface area contributed by atoms with Crippen LogP contribution in [0.4, 0.5) is 14.5 Å². The number of amides is 1. The van der Waals surface area contributed by atoms with Crippen molar-refractivity contribution in [2.45, 2.75) is 5.92 Å². The van der Waals surface area contributed by atoms with Gasteiger partial charge in [-0.25, -0.2) is 8.78 Å². The molecule has 2 aromatic carbocycles. The van der Waals surface area contributed by atoms with Gasteiger partial charge in [-0.3, -0.25) is 4.79 Å². The Morgan fingerprint density at radius 2 is 1.85 bits per heavy atom. The van der Waals surface area contributed by atoms with Crippen LogP contribution in [0.3, 0.4) is 0 Å². The van der Waals surface area contributed by atoms with E-state index in [2.05, 4.69) is 5.32 Å². The van der Waals surface area contributed by atoms with Crippen molar-refractivity contribution in [3.05, 3.63) is 42.0 Å². The molecule has 0 saturated heterocycles. The lowest BCUT2D eigenvalue weighted by atomic mass is 10.0. The summed E-state index contributed by atoms with van der Waals surface area (Å²) >= 11 is 0. The second-order valence-electron chi connectivity index (χ2n) is 4.48. The van der Waals surface area contributed by atoms with Gasteiger partial charge in [-0.2, -0.15) is 0 Å². The van der Waals surface area contributed by atoms with E-state index >= 15 is 0 Å². The van der Waals surface area contributed by atoms with E-state index in [4.69, 9.17) is 10.8 Å². The predicted octanol–water partition coefficient (Wildman–Crippen LogP) is 1.78. The molecule has 0 aliphatic carbocycles. The number of carbonyl (C=O) groups is 1. The zero-order valence-corrected chi connectivity index (χ0v) is 10.6. The average Bonchev–Trinajstić information content (AvgIpc) is 2.44. The van der Waals surface area contributed by atoms with Crippen molar-refractivity contribution in [2.75, 3.05) is 18.9 Å². The molecular weight excluding hydrogens is 266 g/mol. The van der Waals surface area contributed by atoms with E-state index in [0.29, 0.717) is 0 Å². The van der Waals surface area contributed by atoms with Crippen molar-refractivity contribution < 1.29 is 18.7 Å². The number of hydrogen-bond acceptors (Lipinski definition) is 3. The van der Waals surface area contributed by atoms with Crippen LogP contribution in [0.25, 0.3) is 10.8 Å². The molecule has 6 heteroatoms. The van der Waals surface area contributed by atoms with Crippen molar-refractivity contribution in [3.8, 4) is 0 Å². The Morgan fingerprint density at radius 3 is 2.45 bits per heavy atom. The first-order valence-electron chi connectivity index (χ1n) is 5.98. The second-order valence-corrected chi connectivity index (χ2v) is 4.48. The Morgan fingerprint density at radius 1 is 1.25 bits per heavy atom. The lowest BCUT2D eigenvalue weighted by Gasteiger charge is -2.15. The Balaban J connectivity index is 2.24. The molecular formula is C14H14F2N2O2. The minimum atomic E-state index is -3.35. The van der Waals surface area contributed by atoms with Crippen molar-refractivity contribution in [1.29, 1.82) is 0 Å². The third-order valence-corrected chi connectivity index (χ3v) is 2.90. The fourth-order valence-corrected chi connectivity index (χ4v) is 1.82. The number of alkyl halides is 2. The monoisotopic (exact) mass is 280 g/mol. The largest absolute Gasteiger partial charge is 0.398 e. The topological polar surface area (TPSA) is 75.4 Å². The Labute approximate surface area is 114 Å². The quantitative estimate of drug-likeness (QED) is 0.747. The molecule has 0 spiro atoms. The van der Waals surface area contributed by atoms with Gasteiger partial charge in [0.15, 0.2) is 0 Å². The number of halogens is 2. The summed E-state index contributed by atoms with van der Waals surface area (Å²) in [7, 11) is 0. The number of aliphatic hydroxyl groups is 1. The molecule has 0 heterocycles. The molecule has 0 aliphatic rings. The van der Waals surface area contributed by atoms with Crippen molar-refractivity contribution >= 4 is 22.4 Å². The molecule has 0 fully saturated rings. The normalized spacial score (nSPS) is 11.6. The van der Waals surface area contributed by atoms with Crippen LogP contribution in [0.15, 0.2) is 36.4 Å². The number of carbonyl (C=O) groups excluding carboxylic acids is 1. The molecule has 106 valence electrons. The number of nitrogens with two attached hydrogens (primary N) is 1. The van der Waals surface area contributed by atoms with Crippen LogP contribution in [-0.2, 0) is 0 Å². The number of nitrogens with one attached hydrogen (secondary N) is 1. The molecule has 4 N–H and O–H groups in total. The zero-order chi connectivity index (χ0) is 14.8. The fraction of sp³-hybridized carbons (Fsp3) is 0.214. The number of anilines is 1. The van der Waals surface area contributed by atoms with Gasteiger partial charge >= 0.3 is 0 Å². The number of rotatable bonds is 4. The summed E-state index contributed by atoms with van der Waals surface area (Å²) in [5, 5.41) is 12.2. The smallest absolute Gasteiger partial charge is 0.287 e. The predicted molar refractivity (Wildman–Crippen MR) is 72.7 cm³/mol. The summed E-state index contributed by atoms with van der Waals surface area (Å²) in [6.07, 6.45) is 0. The molecule has 0 atom stereocenters. The van der Waals surface area contributed by atoms with Crippen molar-refractivity contribution in [1.82, 2.24) is 5.32 Å². The van der Waals surface area contributed by atoms with E-state index in [0.717, 1.165) is 10.8 Å². The minimum Gasteiger partial charge on any atom is -0.398 e. The van der Waals surface area contributed by atoms with Gasteiger partial charge in [-0.1, -0.05) is 24.3 Å². The maximum atomic E-state index is 12.9. The van der Waals surface area contributed by atoms with Crippen LogP contribution >= 0.6 is 0 Å². The van der Waals surface area contributed by atoms with E-state index < -0.39 is 25.0 Å². The van der Waals surface area contributed by atoms with Gasteiger partial charge in [-0.05, 0) is 22.9 Å². The van der Waals surface area contributed by atoms with Gasteiger partial charge in [0.2, 0.25) is 0 Å². The maximum absolute atomic E-state index is 12.9. The van der Waals surface area contributed by atoms with E-state index in [1.165, 1.54) is 0 Å². The summed E-state index contributed by atoms with van der Waals surface area (Å²) in [6.45, 7) is -2.25. The lowest BCUT2D eigenvalue weighted by molar-refractivity contribution is -0.0461. The van der Waals surface area contributed by atoms with Crippen LogP contribution in [0.1, 0.15) is 10.4 Å². The minimum absolute atomic E-state index is 0.137. The highest BCUT2D eigenvalue weighted by Crippen LogP contribution is 2.22. The molecule has 0 radical (unpaired) electrons. The molecule has 0 saturated carbocycles. The first-order chi connectivity index (χ1) is 9.43. The van der Waals surface area contributed by atoms with Gasteiger partial charge < -0.3 is 16.2 Å². The lowest BCUT2D eigenvalue weighted by Crippen LogP contribution is -2.39. The molecule has 0 aromatic heterocycles. The zero-order valence-electron chi connectivity index (χ0n) is 10.6. The Hall–Kier alpha value is -2.21.